The Hall–Kier alpha value is -2.94. The molecule has 114 valence electrons. The van der Waals surface area contributed by atoms with Gasteiger partial charge in [0.15, 0.2) is 12.4 Å². The number of hydrogen-bond donors (Lipinski definition) is 1. The Labute approximate surface area is 136 Å². The van der Waals surface area contributed by atoms with Crippen LogP contribution in [0.1, 0.15) is 5.56 Å². The number of hydrogen-bond acceptors (Lipinski definition) is 1. The molecule has 0 spiro atoms. The highest BCUT2D eigenvalue weighted by molar-refractivity contribution is 5.74. The summed E-state index contributed by atoms with van der Waals surface area (Å²) in [6.07, 6.45) is 3.91. The normalized spacial score (nSPS) is 10.3. The summed E-state index contributed by atoms with van der Waals surface area (Å²) in [7, 11) is 0. The summed E-state index contributed by atoms with van der Waals surface area (Å²) >= 11 is 0. The fraction of sp³-hybridized carbons (Fsp3) is 0.100. The lowest BCUT2D eigenvalue weighted by Gasteiger charge is -2.04. The molecule has 3 rings (SSSR count). The first kappa shape index (κ1) is 15.0. The highest BCUT2D eigenvalue weighted by Gasteiger charge is 2.10. The van der Waals surface area contributed by atoms with Gasteiger partial charge in [-0.05, 0) is 17.2 Å². The van der Waals surface area contributed by atoms with Crippen LogP contribution in [0.3, 0.4) is 0 Å². The molecule has 0 aliphatic rings. The Balaban J connectivity index is 1.63. The lowest BCUT2D eigenvalue weighted by Crippen LogP contribution is -2.42. The third-order valence-electron chi connectivity index (χ3n) is 3.62. The zero-order valence-corrected chi connectivity index (χ0v) is 12.9. The molecule has 0 saturated carbocycles. The first-order valence-electron chi connectivity index (χ1n) is 7.66. The Morgan fingerprint density at radius 1 is 0.826 bits per heavy atom. The predicted octanol–water partition coefficient (Wildman–Crippen LogP) is 2.96. The van der Waals surface area contributed by atoms with Gasteiger partial charge < -0.3 is 5.32 Å². The summed E-state index contributed by atoms with van der Waals surface area (Å²) in [6.45, 7) is 0.867. The molecule has 1 N–H and O–H groups in total. The average Bonchev–Trinajstić information content (AvgIpc) is 2.62. The number of amides is 1. The second-order valence-electron chi connectivity index (χ2n) is 5.39. The monoisotopic (exact) mass is 303 g/mol. The molecule has 1 amide bonds. The van der Waals surface area contributed by atoms with Crippen LogP contribution in [0, 0.1) is 0 Å². The molecule has 1 aromatic heterocycles. The molecule has 3 aromatic rings. The number of rotatable bonds is 5. The molecule has 0 bridgehead atoms. The van der Waals surface area contributed by atoms with Crippen molar-refractivity contribution in [3.05, 3.63) is 90.8 Å². The van der Waals surface area contributed by atoms with Gasteiger partial charge in [-0.2, -0.15) is 4.57 Å². The maximum absolute atomic E-state index is 12.1. The molecule has 0 saturated heterocycles. The lowest BCUT2D eigenvalue weighted by atomic mass is 10.1. The molecule has 0 atom stereocenters. The highest BCUT2D eigenvalue weighted by Crippen LogP contribution is 2.15. The van der Waals surface area contributed by atoms with Crippen molar-refractivity contribution >= 4 is 5.91 Å². The zero-order chi connectivity index (χ0) is 15.9. The molecule has 0 aliphatic carbocycles. The summed E-state index contributed by atoms with van der Waals surface area (Å²) in [5, 5.41) is 2.95. The largest absolute Gasteiger partial charge is 0.347 e. The van der Waals surface area contributed by atoms with Crippen LogP contribution >= 0.6 is 0 Å². The molecule has 0 aliphatic heterocycles. The van der Waals surface area contributed by atoms with Gasteiger partial charge in [0.1, 0.15) is 0 Å². The van der Waals surface area contributed by atoms with E-state index in [0.29, 0.717) is 13.1 Å². The molecule has 0 unspecified atom stereocenters. The van der Waals surface area contributed by atoms with Crippen molar-refractivity contribution < 1.29 is 9.36 Å². The summed E-state index contributed by atoms with van der Waals surface area (Å²) in [6, 6.07) is 24.1. The Bertz CT molecular complexity index is 770. The molecule has 2 aromatic carbocycles. The number of carbonyl (C=O) groups is 1. The second kappa shape index (κ2) is 7.36. The molecule has 0 fully saturated rings. The summed E-state index contributed by atoms with van der Waals surface area (Å²) in [4.78, 5) is 12.1. The molecular weight excluding hydrogens is 284 g/mol. The molecule has 23 heavy (non-hydrogen) atoms. The van der Waals surface area contributed by atoms with E-state index in [2.05, 4.69) is 17.4 Å². The maximum atomic E-state index is 12.1. The van der Waals surface area contributed by atoms with Crippen LogP contribution in [0.25, 0.3) is 11.1 Å². The van der Waals surface area contributed by atoms with E-state index >= 15 is 0 Å². The average molecular weight is 303 g/mol. The van der Waals surface area contributed by atoms with Crippen molar-refractivity contribution in [3.63, 3.8) is 0 Å². The van der Waals surface area contributed by atoms with Gasteiger partial charge in [-0.1, -0.05) is 60.7 Å². The first-order chi connectivity index (χ1) is 11.3. The fourth-order valence-corrected chi connectivity index (χ4v) is 2.44. The van der Waals surface area contributed by atoms with Gasteiger partial charge >= 0.3 is 0 Å². The van der Waals surface area contributed by atoms with Crippen LogP contribution in [0.5, 0.6) is 0 Å². The standard InChI is InChI=1S/C20H18N2O/c23-20(21-14-17-8-3-1-4-9-17)16-22-13-7-12-19(15-22)18-10-5-2-6-11-18/h1-13,15H,14,16H2/p+1. The van der Waals surface area contributed by atoms with Gasteiger partial charge in [-0.15, -0.1) is 0 Å². The maximum Gasteiger partial charge on any atom is 0.286 e. The number of nitrogens with one attached hydrogen (secondary N) is 1. The number of nitrogens with zero attached hydrogens (tertiary/aromatic N) is 1. The van der Waals surface area contributed by atoms with E-state index in [1.165, 1.54) is 0 Å². The Morgan fingerprint density at radius 2 is 1.48 bits per heavy atom. The van der Waals surface area contributed by atoms with E-state index in [1.54, 1.807) is 0 Å². The minimum atomic E-state index is 0.00376. The van der Waals surface area contributed by atoms with Crippen LogP contribution in [0.4, 0.5) is 0 Å². The minimum absolute atomic E-state index is 0.00376. The SMILES string of the molecule is O=C(C[n+]1cccc(-c2ccccc2)c1)NCc1ccccc1. The van der Waals surface area contributed by atoms with Crippen molar-refractivity contribution in [3.8, 4) is 11.1 Å². The van der Waals surface area contributed by atoms with E-state index in [0.717, 1.165) is 16.7 Å². The van der Waals surface area contributed by atoms with Gasteiger partial charge in [0.05, 0.1) is 0 Å². The smallest absolute Gasteiger partial charge is 0.286 e. The van der Waals surface area contributed by atoms with E-state index in [1.807, 2.05) is 77.6 Å². The van der Waals surface area contributed by atoms with Gasteiger partial charge in [0.25, 0.3) is 5.91 Å². The third-order valence-corrected chi connectivity index (χ3v) is 3.62. The number of carbonyl (C=O) groups excluding carboxylic acids is 1. The summed E-state index contributed by atoms with van der Waals surface area (Å²) in [5.41, 5.74) is 3.35. The number of benzene rings is 2. The van der Waals surface area contributed by atoms with E-state index in [-0.39, 0.29) is 5.91 Å². The third kappa shape index (κ3) is 4.27. The molecule has 3 heteroatoms. The van der Waals surface area contributed by atoms with Crippen molar-refractivity contribution in [1.82, 2.24) is 5.32 Å². The van der Waals surface area contributed by atoms with Gasteiger partial charge in [0.2, 0.25) is 6.54 Å². The summed E-state index contributed by atoms with van der Waals surface area (Å²) < 4.78 is 1.91. The molecule has 3 nitrogen and oxygen atoms in total. The minimum Gasteiger partial charge on any atom is -0.347 e. The Kier molecular flexibility index (Phi) is 4.79. The molecular formula is C20H19N2O+. The first-order valence-corrected chi connectivity index (χ1v) is 7.66. The van der Waals surface area contributed by atoms with Gasteiger partial charge in [0, 0.05) is 18.2 Å². The van der Waals surface area contributed by atoms with E-state index in [9.17, 15) is 4.79 Å². The van der Waals surface area contributed by atoms with Crippen LogP contribution < -0.4 is 9.88 Å². The number of pyridine rings is 1. The molecule has 0 radical (unpaired) electrons. The lowest BCUT2D eigenvalue weighted by molar-refractivity contribution is -0.684. The van der Waals surface area contributed by atoms with Crippen LogP contribution in [-0.4, -0.2) is 5.91 Å². The van der Waals surface area contributed by atoms with Crippen molar-refractivity contribution in [2.75, 3.05) is 0 Å². The zero-order valence-electron chi connectivity index (χ0n) is 12.9. The topological polar surface area (TPSA) is 33.0 Å². The van der Waals surface area contributed by atoms with Crippen molar-refractivity contribution in [1.29, 1.82) is 0 Å². The second-order valence-corrected chi connectivity index (χ2v) is 5.39. The summed E-state index contributed by atoms with van der Waals surface area (Å²) in [5.74, 6) is 0.00376. The quantitative estimate of drug-likeness (QED) is 0.722. The van der Waals surface area contributed by atoms with Crippen molar-refractivity contribution in [2.24, 2.45) is 0 Å². The van der Waals surface area contributed by atoms with Gasteiger partial charge in [-0.3, -0.25) is 4.79 Å². The molecule has 1 heterocycles. The van der Waals surface area contributed by atoms with Crippen LogP contribution in [-0.2, 0) is 17.9 Å². The van der Waals surface area contributed by atoms with Gasteiger partial charge in [-0.25, -0.2) is 0 Å². The van der Waals surface area contributed by atoms with E-state index in [4.69, 9.17) is 0 Å². The van der Waals surface area contributed by atoms with Crippen LogP contribution in [0.2, 0.25) is 0 Å². The van der Waals surface area contributed by atoms with Crippen molar-refractivity contribution in [2.45, 2.75) is 13.1 Å². The predicted molar refractivity (Wildman–Crippen MR) is 90.4 cm³/mol. The van der Waals surface area contributed by atoms with Crippen LogP contribution in [0.15, 0.2) is 85.2 Å². The van der Waals surface area contributed by atoms with E-state index < -0.39 is 0 Å². The fourth-order valence-electron chi connectivity index (χ4n) is 2.44. The Morgan fingerprint density at radius 3 is 2.22 bits per heavy atom. The number of aromatic nitrogens is 1. The highest BCUT2D eigenvalue weighted by atomic mass is 16.1.